The van der Waals surface area contributed by atoms with Crippen LogP contribution in [0.15, 0.2) is 0 Å². The maximum Gasteiger partial charge on any atom is 0.0319 e. The zero-order valence-electron chi connectivity index (χ0n) is 7.68. The van der Waals surface area contributed by atoms with Crippen molar-refractivity contribution in [2.45, 2.75) is 0 Å². The molecule has 0 fully saturated rings. The number of rotatable bonds is 0. The molecule has 0 atom stereocenters. The van der Waals surface area contributed by atoms with Gasteiger partial charge in [-0.1, -0.05) is 0 Å². The second-order valence-corrected chi connectivity index (χ2v) is 0. The van der Waals surface area contributed by atoms with E-state index in [9.17, 15) is 0 Å². The van der Waals surface area contributed by atoms with E-state index in [-0.39, 0.29) is 22.4 Å². The van der Waals surface area contributed by atoms with Crippen molar-refractivity contribution in [1.82, 2.24) is 0 Å². The van der Waals surface area contributed by atoms with Gasteiger partial charge in [0.05, 0.1) is 0 Å². The van der Waals surface area contributed by atoms with Crippen molar-refractivity contribution in [2.75, 3.05) is 35.5 Å². The van der Waals surface area contributed by atoms with Crippen LogP contribution < -0.4 is 0 Å². The van der Waals surface area contributed by atoms with E-state index in [1.165, 1.54) is 0 Å². The quantitative estimate of drug-likeness (QED) is 0.323. The zero-order valence-corrected chi connectivity index (χ0v) is 9.88. The Bertz CT molecular complexity index is 14.8. The fourth-order valence-corrected chi connectivity index (χ4v) is 0. The first-order chi connectivity index (χ1) is 5.00. The minimum atomic E-state index is 0. The average Bonchev–Trinajstić information content (AvgIpc) is 2.20. The Hall–Kier alpha value is 0.540. The first-order valence-electron chi connectivity index (χ1n) is 2.24. The number of hydrogen-bond donors (Lipinski definition) is 5. The summed E-state index contributed by atoms with van der Waals surface area (Å²) in [6.07, 6.45) is 0. The minimum absolute atomic E-state index is 0. The van der Waals surface area contributed by atoms with Gasteiger partial charge >= 0.3 is 0 Å². The van der Waals surface area contributed by atoms with Crippen LogP contribution in [-0.2, 0) is 22.4 Å². The molecule has 0 amide bonds. The van der Waals surface area contributed by atoms with Crippen LogP contribution in [0, 0.1) is 0 Å². The van der Waals surface area contributed by atoms with Crippen LogP contribution in [-0.4, -0.2) is 61.1 Å². The van der Waals surface area contributed by atoms with Gasteiger partial charge in [0.25, 0.3) is 0 Å². The molecule has 0 saturated carbocycles. The van der Waals surface area contributed by atoms with Crippen molar-refractivity contribution in [1.29, 1.82) is 0 Å². The Morgan fingerprint density at radius 3 is 0.364 bits per heavy atom. The third-order valence-electron chi connectivity index (χ3n) is 0. The van der Waals surface area contributed by atoms with E-state index < -0.39 is 0 Å². The van der Waals surface area contributed by atoms with Crippen LogP contribution in [0.4, 0.5) is 0 Å². The largest absolute Gasteiger partial charge is 0.400 e. The fourth-order valence-electron chi connectivity index (χ4n) is 0. The van der Waals surface area contributed by atoms with Gasteiger partial charge in [0.15, 0.2) is 0 Å². The molecule has 0 aromatic heterocycles. The van der Waals surface area contributed by atoms with E-state index in [0.29, 0.717) is 0 Å². The summed E-state index contributed by atoms with van der Waals surface area (Å²) < 4.78 is 0. The third-order valence-corrected chi connectivity index (χ3v) is 0. The molecule has 6 heteroatoms. The second-order valence-electron chi connectivity index (χ2n) is 0. The van der Waals surface area contributed by atoms with Crippen LogP contribution in [0.1, 0.15) is 0 Å². The van der Waals surface area contributed by atoms with Crippen LogP contribution in [0.3, 0.4) is 0 Å². The Balaban J connectivity index is -0.00000000694. The summed E-state index contributed by atoms with van der Waals surface area (Å²) in [6.45, 7) is 0. The van der Waals surface area contributed by atoms with E-state index in [1.807, 2.05) is 0 Å². The molecule has 5 nitrogen and oxygen atoms in total. The maximum atomic E-state index is 7.00. The van der Waals surface area contributed by atoms with E-state index in [2.05, 4.69) is 0 Å². The van der Waals surface area contributed by atoms with Gasteiger partial charge in [-0.25, -0.2) is 0 Å². The number of aliphatic hydroxyl groups excluding tert-OH is 5. The van der Waals surface area contributed by atoms with E-state index in [0.717, 1.165) is 35.5 Å². The molecule has 0 aromatic rings. The minimum Gasteiger partial charge on any atom is -0.400 e. The molecule has 0 bridgehead atoms. The smallest absolute Gasteiger partial charge is 0.0319 e. The van der Waals surface area contributed by atoms with Gasteiger partial charge < -0.3 is 25.5 Å². The van der Waals surface area contributed by atoms with Crippen LogP contribution in [0.5, 0.6) is 0 Å². The SMILES string of the molecule is CO.CO.CO.CO.CO.[Nb]. The topological polar surface area (TPSA) is 101 Å². The van der Waals surface area contributed by atoms with Crippen LogP contribution in [0.25, 0.3) is 0 Å². The zero-order chi connectivity index (χ0) is 10.0. The molecule has 0 unspecified atom stereocenters. The first-order valence-corrected chi connectivity index (χ1v) is 2.24. The van der Waals surface area contributed by atoms with Crippen LogP contribution >= 0.6 is 0 Å². The Morgan fingerprint density at radius 1 is 0.364 bits per heavy atom. The van der Waals surface area contributed by atoms with Gasteiger partial charge in [0.2, 0.25) is 0 Å². The van der Waals surface area contributed by atoms with Gasteiger partial charge in [0, 0.05) is 57.9 Å². The number of aliphatic hydroxyl groups is 5. The summed E-state index contributed by atoms with van der Waals surface area (Å²) in [6, 6.07) is 0. The molecule has 0 aliphatic heterocycles. The van der Waals surface area contributed by atoms with Gasteiger partial charge in [0.1, 0.15) is 0 Å². The average molecular weight is 253 g/mol. The molecular formula is C5H20NbO5. The van der Waals surface area contributed by atoms with Gasteiger partial charge in [-0.15, -0.1) is 0 Å². The molecule has 0 rings (SSSR count). The first kappa shape index (κ1) is 41.8. The van der Waals surface area contributed by atoms with Crippen molar-refractivity contribution in [3.05, 3.63) is 0 Å². The maximum absolute atomic E-state index is 7.00. The molecule has 0 aliphatic rings. The summed E-state index contributed by atoms with van der Waals surface area (Å²) in [7, 11) is 5.00. The monoisotopic (exact) mass is 253 g/mol. The Morgan fingerprint density at radius 2 is 0.364 bits per heavy atom. The van der Waals surface area contributed by atoms with E-state index in [1.54, 1.807) is 0 Å². The van der Waals surface area contributed by atoms with Crippen molar-refractivity contribution in [3.8, 4) is 0 Å². The number of hydrogen-bond acceptors (Lipinski definition) is 5. The summed E-state index contributed by atoms with van der Waals surface area (Å²) in [5, 5.41) is 35.0. The standard InChI is InChI=1S/5CH4O.Nb/c5*1-2;/h5*2H,1H3;. The van der Waals surface area contributed by atoms with Gasteiger partial charge in [-0.05, 0) is 0 Å². The van der Waals surface area contributed by atoms with E-state index >= 15 is 0 Å². The summed E-state index contributed by atoms with van der Waals surface area (Å²) in [5.74, 6) is 0. The van der Waals surface area contributed by atoms with Crippen molar-refractivity contribution in [2.24, 2.45) is 0 Å². The normalized spacial score (nSPS) is 2.73. The molecule has 0 spiro atoms. The molecule has 0 heterocycles. The molecular weight excluding hydrogens is 233 g/mol. The molecule has 11 heavy (non-hydrogen) atoms. The predicted molar refractivity (Wildman–Crippen MR) is 40.7 cm³/mol. The summed E-state index contributed by atoms with van der Waals surface area (Å²) in [5.41, 5.74) is 0. The molecule has 5 N–H and O–H groups in total. The summed E-state index contributed by atoms with van der Waals surface area (Å²) >= 11 is 0. The second kappa shape index (κ2) is 3290. The van der Waals surface area contributed by atoms with Crippen molar-refractivity contribution in [3.63, 3.8) is 0 Å². The van der Waals surface area contributed by atoms with Crippen molar-refractivity contribution < 1.29 is 47.9 Å². The predicted octanol–water partition coefficient (Wildman–Crippen LogP) is -1.96. The Labute approximate surface area is 83.8 Å². The summed E-state index contributed by atoms with van der Waals surface area (Å²) in [4.78, 5) is 0. The molecule has 0 saturated heterocycles. The van der Waals surface area contributed by atoms with Crippen molar-refractivity contribution >= 4 is 0 Å². The van der Waals surface area contributed by atoms with E-state index in [4.69, 9.17) is 25.5 Å². The van der Waals surface area contributed by atoms with Crippen LogP contribution in [0.2, 0.25) is 0 Å². The molecule has 75 valence electrons. The fraction of sp³-hybridized carbons (Fsp3) is 1.00. The van der Waals surface area contributed by atoms with Gasteiger partial charge in [-0.2, -0.15) is 0 Å². The Kier molecular flexibility index (Phi) is 12500. The molecule has 0 aromatic carbocycles. The third kappa shape index (κ3) is 2630. The molecule has 1 radical (unpaired) electrons. The molecule has 0 aliphatic carbocycles. The van der Waals surface area contributed by atoms with Gasteiger partial charge in [-0.3, -0.25) is 0 Å².